The van der Waals surface area contributed by atoms with Crippen LogP contribution in [0, 0.1) is 5.41 Å². The highest BCUT2D eigenvalue weighted by Crippen LogP contribution is 2.48. The van der Waals surface area contributed by atoms with E-state index in [1.54, 1.807) is 18.4 Å². The smallest absolute Gasteiger partial charge is 0.0971 e. The number of thiophene rings is 1. The lowest BCUT2D eigenvalue weighted by atomic mass is 10.1. The maximum Gasteiger partial charge on any atom is 0.0971 e. The van der Waals surface area contributed by atoms with Crippen LogP contribution in [0.25, 0.3) is 21.8 Å². The molecule has 0 unspecified atom stereocenters. The summed E-state index contributed by atoms with van der Waals surface area (Å²) in [6.45, 7) is 1.81. The number of rotatable bonds is 6. The zero-order valence-corrected chi connectivity index (χ0v) is 14.1. The largest absolute Gasteiger partial charge is 0.384 e. The van der Waals surface area contributed by atoms with E-state index in [-0.39, 0.29) is 0 Å². The van der Waals surface area contributed by atoms with Crippen molar-refractivity contribution in [3.63, 3.8) is 0 Å². The van der Waals surface area contributed by atoms with Crippen LogP contribution in [0.4, 0.5) is 0 Å². The lowest BCUT2D eigenvalue weighted by molar-refractivity contribution is 0.131. The topological polar surface area (TPSA) is 27.1 Å². The van der Waals surface area contributed by atoms with Gasteiger partial charge in [-0.3, -0.25) is 0 Å². The zero-order valence-electron chi connectivity index (χ0n) is 13.2. The summed E-state index contributed by atoms with van der Waals surface area (Å²) in [5.41, 5.74) is 3.77. The first-order valence-corrected chi connectivity index (χ1v) is 8.83. The molecule has 0 N–H and O–H groups in total. The van der Waals surface area contributed by atoms with E-state index in [9.17, 15) is 0 Å². The van der Waals surface area contributed by atoms with Gasteiger partial charge >= 0.3 is 0 Å². The Morgan fingerprint density at radius 3 is 2.65 bits per heavy atom. The molecule has 0 amide bonds. The van der Waals surface area contributed by atoms with Crippen LogP contribution in [-0.2, 0) is 11.3 Å². The van der Waals surface area contributed by atoms with Crippen molar-refractivity contribution in [2.75, 3.05) is 13.7 Å². The Kier molecular flexibility index (Phi) is 3.79. The van der Waals surface area contributed by atoms with Gasteiger partial charge in [-0.2, -0.15) is 0 Å². The van der Waals surface area contributed by atoms with Gasteiger partial charge in [0.1, 0.15) is 0 Å². The number of aromatic nitrogens is 2. The van der Waals surface area contributed by atoms with Gasteiger partial charge in [0.15, 0.2) is 0 Å². The molecule has 0 bridgehead atoms. The minimum atomic E-state index is 0.301. The van der Waals surface area contributed by atoms with Crippen LogP contribution in [0.15, 0.2) is 54.2 Å². The Balaban J connectivity index is 1.77. The molecule has 1 saturated carbocycles. The summed E-state index contributed by atoms with van der Waals surface area (Å²) in [6, 6.07) is 14.7. The molecular weight excluding hydrogens is 304 g/mol. The molecule has 1 aliphatic rings. The summed E-state index contributed by atoms with van der Waals surface area (Å²) in [5, 5.41) is 2.13. The van der Waals surface area contributed by atoms with E-state index >= 15 is 0 Å². The fourth-order valence-corrected chi connectivity index (χ4v) is 3.96. The number of imidazole rings is 1. The van der Waals surface area contributed by atoms with Crippen molar-refractivity contribution < 1.29 is 4.74 Å². The Morgan fingerprint density at radius 2 is 2.00 bits per heavy atom. The van der Waals surface area contributed by atoms with Crippen LogP contribution in [-0.4, -0.2) is 23.3 Å². The van der Waals surface area contributed by atoms with E-state index < -0.39 is 0 Å². The van der Waals surface area contributed by atoms with Crippen molar-refractivity contribution >= 4 is 11.3 Å². The number of benzene rings is 1. The van der Waals surface area contributed by atoms with Gasteiger partial charge in [0.2, 0.25) is 0 Å². The lowest BCUT2D eigenvalue weighted by Crippen LogP contribution is -2.17. The second kappa shape index (κ2) is 5.95. The van der Waals surface area contributed by atoms with E-state index in [0.29, 0.717) is 5.41 Å². The van der Waals surface area contributed by atoms with Gasteiger partial charge in [0, 0.05) is 24.6 Å². The first kappa shape index (κ1) is 14.7. The lowest BCUT2D eigenvalue weighted by Gasteiger charge is -2.17. The molecule has 3 aromatic rings. The van der Waals surface area contributed by atoms with Crippen molar-refractivity contribution in [1.29, 1.82) is 0 Å². The minimum Gasteiger partial charge on any atom is -0.384 e. The van der Waals surface area contributed by atoms with Gasteiger partial charge in [-0.15, -0.1) is 11.3 Å². The first-order chi connectivity index (χ1) is 11.3. The summed E-state index contributed by atoms with van der Waals surface area (Å²) >= 11 is 1.77. The predicted molar refractivity (Wildman–Crippen MR) is 94.5 cm³/mol. The van der Waals surface area contributed by atoms with Crippen LogP contribution in [0.5, 0.6) is 0 Å². The average Bonchev–Trinajstić information content (AvgIpc) is 2.99. The summed E-state index contributed by atoms with van der Waals surface area (Å²) < 4.78 is 7.75. The third kappa shape index (κ3) is 2.84. The molecule has 23 heavy (non-hydrogen) atoms. The molecule has 4 rings (SSSR count). The normalized spacial score (nSPS) is 15.7. The van der Waals surface area contributed by atoms with E-state index in [2.05, 4.69) is 46.3 Å². The summed E-state index contributed by atoms with van der Waals surface area (Å²) in [6.07, 6.45) is 4.47. The number of nitrogens with zero attached hydrogens (tertiary/aromatic N) is 2. The number of methoxy groups -OCH3 is 1. The highest BCUT2D eigenvalue weighted by atomic mass is 32.1. The fourth-order valence-electron chi connectivity index (χ4n) is 3.17. The average molecular weight is 324 g/mol. The van der Waals surface area contributed by atoms with Crippen LogP contribution < -0.4 is 0 Å². The highest BCUT2D eigenvalue weighted by Gasteiger charge is 2.43. The summed E-state index contributed by atoms with van der Waals surface area (Å²) in [7, 11) is 1.80. The summed E-state index contributed by atoms with van der Waals surface area (Å²) in [4.78, 5) is 6.02. The molecule has 4 heteroatoms. The third-order valence-electron chi connectivity index (χ3n) is 4.55. The van der Waals surface area contributed by atoms with Crippen LogP contribution in [0.2, 0.25) is 0 Å². The zero-order chi connectivity index (χ0) is 15.7. The fraction of sp³-hybridized carbons (Fsp3) is 0.316. The van der Waals surface area contributed by atoms with Gasteiger partial charge in [0.05, 0.1) is 29.2 Å². The van der Waals surface area contributed by atoms with E-state index in [4.69, 9.17) is 9.72 Å². The van der Waals surface area contributed by atoms with Gasteiger partial charge in [-0.05, 0) is 24.3 Å². The standard InChI is InChI=1S/C19H20N2OS/c1-22-13-19(9-10-19)12-21-14-20-17(15-6-3-2-4-7-15)18(21)16-8-5-11-23-16/h2-8,11,14H,9-10,12-13H2,1H3. The SMILES string of the molecule is COCC1(Cn2cnc(-c3ccccc3)c2-c2cccs2)CC1. The molecule has 2 heterocycles. The minimum absolute atomic E-state index is 0.301. The molecule has 1 aliphatic carbocycles. The van der Waals surface area contributed by atoms with Crippen molar-refractivity contribution in [3.8, 4) is 21.8 Å². The molecule has 118 valence electrons. The Bertz CT molecular complexity index is 773. The third-order valence-corrected chi connectivity index (χ3v) is 5.43. The molecular formula is C19H20N2OS. The van der Waals surface area contributed by atoms with Crippen LogP contribution in [0.1, 0.15) is 12.8 Å². The molecule has 0 atom stereocenters. The molecule has 1 fully saturated rings. The van der Waals surface area contributed by atoms with Gasteiger partial charge < -0.3 is 9.30 Å². The van der Waals surface area contributed by atoms with Crippen molar-refractivity contribution in [2.24, 2.45) is 5.41 Å². The monoisotopic (exact) mass is 324 g/mol. The van der Waals surface area contributed by atoms with E-state index in [1.165, 1.54) is 29.0 Å². The second-order valence-corrected chi connectivity index (χ2v) is 7.29. The maximum atomic E-state index is 5.43. The maximum absolute atomic E-state index is 5.43. The predicted octanol–water partition coefficient (Wildman–Crippen LogP) is 4.71. The van der Waals surface area contributed by atoms with Crippen LogP contribution >= 0.6 is 11.3 Å². The number of ether oxygens (including phenoxy) is 1. The second-order valence-electron chi connectivity index (χ2n) is 6.35. The van der Waals surface area contributed by atoms with Gasteiger partial charge in [-0.1, -0.05) is 36.4 Å². The summed E-state index contributed by atoms with van der Waals surface area (Å²) in [5.74, 6) is 0. The number of hydrogen-bond acceptors (Lipinski definition) is 3. The Labute approximate surface area is 140 Å². The van der Waals surface area contributed by atoms with E-state index in [1.807, 2.05) is 12.4 Å². The van der Waals surface area contributed by atoms with Crippen molar-refractivity contribution in [2.45, 2.75) is 19.4 Å². The molecule has 2 aromatic heterocycles. The van der Waals surface area contributed by atoms with Crippen molar-refractivity contribution in [3.05, 3.63) is 54.2 Å². The van der Waals surface area contributed by atoms with Crippen molar-refractivity contribution in [1.82, 2.24) is 9.55 Å². The quantitative estimate of drug-likeness (QED) is 0.657. The van der Waals surface area contributed by atoms with Gasteiger partial charge in [-0.25, -0.2) is 4.98 Å². The Hall–Kier alpha value is -1.91. The molecule has 0 spiro atoms. The molecule has 0 aliphatic heterocycles. The highest BCUT2D eigenvalue weighted by molar-refractivity contribution is 7.13. The van der Waals surface area contributed by atoms with Crippen LogP contribution in [0.3, 0.4) is 0 Å². The van der Waals surface area contributed by atoms with Gasteiger partial charge in [0.25, 0.3) is 0 Å². The molecule has 1 aromatic carbocycles. The van der Waals surface area contributed by atoms with E-state index in [0.717, 1.165) is 18.8 Å². The molecule has 0 radical (unpaired) electrons. The first-order valence-electron chi connectivity index (χ1n) is 7.95. The Morgan fingerprint density at radius 1 is 1.17 bits per heavy atom. The number of hydrogen-bond donors (Lipinski definition) is 0. The molecule has 0 saturated heterocycles. The molecule has 3 nitrogen and oxygen atoms in total.